The second-order valence-corrected chi connectivity index (χ2v) is 10.1. The van der Waals surface area contributed by atoms with Crippen LogP contribution in [0.1, 0.15) is 71.2 Å². The molecule has 2 aliphatic rings. The molecule has 39 heavy (non-hydrogen) atoms. The van der Waals surface area contributed by atoms with Gasteiger partial charge in [0, 0.05) is 31.6 Å². The maximum absolute atomic E-state index is 13.9. The van der Waals surface area contributed by atoms with E-state index in [1.165, 1.54) is 19.4 Å². The largest absolute Gasteiger partial charge is 0.486 e. The van der Waals surface area contributed by atoms with Crippen molar-refractivity contribution in [1.29, 1.82) is 0 Å². The van der Waals surface area contributed by atoms with E-state index in [1.54, 1.807) is 18.2 Å². The molecule has 0 N–H and O–H groups in total. The Morgan fingerprint density at radius 2 is 1.85 bits per heavy atom. The van der Waals surface area contributed by atoms with E-state index in [-0.39, 0.29) is 36.5 Å². The first kappa shape index (κ1) is 27.2. The van der Waals surface area contributed by atoms with Crippen molar-refractivity contribution < 1.29 is 36.4 Å². The number of alkyl halides is 4. The molecule has 5 rings (SSSR count). The highest BCUT2D eigenvalue weighted by Crippen LogP contribution is 2.43. The average molecular weight is 547 g/mol. The van der Waals surface area contributed by atoms with Crippen LogP contribution in [0.15, 0.2) is 53.3 Å². The second kappa shape index (κ2) is 11.4. The zero-order chi connectivity index (χ0) is 27.6. The third-order valence-corrected chi connectivity index (χ3v) is 7.65. The molecule has 2 heterocycles. The first-order valence-electron chi connectivity index (χ1n) is 13.0. The fourth-order valence-corrected chi connectivity index (χ4v) is 5.58. The number of esters is 1. The van der Waals surface area contributed by atoms with E-state index < -0.39 is 17.9 Å². The molecule has 0 radical (unpaired) electrons. The molecule has 1 saturated heterocycles. The second-order valence-electron chi connectivity index (χ2n) is 10.1. The fourth-order valence-electron chi connectivity index (χ4n) is 5.58. The summed E-state index contributed by atoms with van der Waals surface area (Å²) in [5.74, 6) is -0.169. The highest BCUT2D eigenvalue weighted by atomic mass is 19.4. The van der Waals surface area contributed by atoms with Crippen molar-refractivity contribution in [3.63, 3.8) is 0 Å². The molecule has 0 unspecified atom stereocenters. The predicted octanol–water partition coefficient (Wildman–Crippen LogP) is 6.39. The number of hydrogen-bond acceptors (Lipinski definition) is 6. The Kier molecular flexibility index (Phi) is 7.93. The van der Waals surface area contributed by atoms with Gasteiger partial charge in [-0.1, -0.05) is 23.4 Å². The minimum absolute atomic E-state index is 0.0898. The summed E-state index contributed by atoms with van der Waals surface area (Å²) in [6.45, 7) is 1.04. The number of aromatic nitrogens is 1. The predicted molar refractivity (Wildman–Crippen MR) is 134 cm³/mol. The summed E-state index contributed by atoms with van der Waals surface area (Å²) in [6, 6.07) is 11.6. The minimum Gasteiger partial charge on any atom is -0.486 e. The van der Waals surface area contributed by atoms with Crippen LogP contribution >= 0.6 is 0 Å². The van der Waals surface area contributed by atoms with Crippen molar-refractivity contribution in [2.24, 2.45) is 0 Å². The summed E-state index contributed by atoms with van der Waals surface area (Å²) in [5, 5.41) is 3.97. The molecule has 0 bridgehead atoms. The van der Waals surface area contributed by atoms with Gasteiger partial charge in [-0.3, -0.25) is 9.69 Å². The van der Waals surface area contributed by atoms with Crippen molar-refractivity contribution in [3.8, 4) is 5.75 Å². The van der Waals surface area contributed by atoms with E-state index in [1.807, 2.05) is 17.0 Å². The SMILES string of the molecule is COC(=O)C[C@@H](c1ccc(O[C@@H]2CCc3c2ccc(C(F)(F)F)c3CN2CCC(F)CC2)cc1)c1ccon1. The zero-order valence-electron chi connectivity index (χ0n) is 21.5. The topological polar surface area (TPSA) is 64.8 Å². The third-order valence-electron chi connectivity index (χ3n) is 7.65. The number of rotatable bonds is 8. The maximum atomic E-state index is 13.9. The van der Waals surface area contributed by atoms with Crippen LogP contribution in [0.2, 0.25) is 0 Å². The van der Waals surface area contributed by atoms with Gasteiger partial charge in [-0.25, -0.2) is 4.39 Å². The lowest BCUT2D eigenvalue weighted by molar-refractivity contribution is -0.141. The monoisotopic (exact) mass is 546 g/mol. The number of nitrogens with zero attached hydrogens (tertiary/aromatic N) is 2. The molecule has 0 saturated carbocycles. The van der Waals surface area contributed by atoms with Gasteiger partial charge in [0.05, 0.1) is 24.8 Å². The van der Waals surface area contributed by atoms with Crippen molar-refractivity contribution in [3.05, 3.63) is 82.2 Å². The molecule has 1 aliphatic heterocycles. The Labute approximate surface area is 223 Å². The van der Waals surface area contributed by atoms with Gasteiger partial charge in [0.1, 0.15) is 24.3 Å². The molecule has 10 heteroatoms. The molecule has 0 spiro atoms. The lowest BCUT2D eigenvalue weighted by Gasteiger charge is -2.30. The van der Waals surface area contributed by atoms with Crippen molar-refractivity contribution >= 4 is 5.97 Å². The Hall–Kier alpha value is -3.40. The van der Waals surface area contributed by atoms with Gasteiger partial charge in [0.15, 0.2) is 0 Å². The summed E-state index contributed by atoms with van der Waals surface area (Å²) < 4.78 is 71.4. The van der Waals surface area contributed by atoms with Crippen molar-refractivity contribution in [2.45, 2.75) is 63.0 Å². The summed E-state index contributed by atoms with van der Waals surface area (Å²) >= 11 is 0. The van der Waals surface area contributed by atoms with E-state index >= 15 is 0 Å². The molecular weight excluding hydrogens is 516 g/mol. The first-order valence-corrected chi connectivity index (χ1v) is 13.0. The standard InChI is InChI=1S/C29H30F4N2O4/c1-37-28(36)16-23(26-12-15-38-34-26)18-2-4-20(5-3-18)39-27-9-7-21-22(27)6-8-25(29(31,32)33)24(21)17-35-13-10-19(30)11-14-35/h2-6,8,12,15,19,23,27H,7,9-11,13-14,16-17H2,1H3/t23-,27+/m0/s1. The molecular formula is C29H30F4N2O4. The smallest absolute Gasteiger partial charge is 0.416 e. The van der Waals surface area contributed by atoms with E-state index in [2.05, 4.69) is 5.16 Å². The molecule has 1 fully saturated rings. The quantitative estimate of drug-likeness (QED) is 0.241. The Morgan fingerprint density at radius 1 is 1.10 bits per heavy atom. The number of methoxy groups -OCH3 is 1. The van der Waals surface area contributed by atoms with Crippen LogP contribution in [0.4, 0.5) is 17.6 Å². The van der Waals surface area contributed by atoms with Gasteiger partial charge in [-0.2, -0.15) is 13.2 Å². The molecule has 208 valence electrons. The third kappa shape index (κ3) is 6.11. The van der Waals surface area contributed by atoms with Gasteiger partial charge in [-0.05, 0) is 66.1 Å². The molecule has 6 nitrogen and oxygen atoms in total. The van der Waals surface area contributed by atoms with Crippen LogP contribution in [-0.2, 0) is 28.7 Å². The summed E-state index contributed by atoms with van der Waals surface area (Å²) in [5.41, 5.74) is 2.51. The number of piperidine rings is 1. The van der Waals surface area contributed by atoms with Gasteiger partial charge in [0.25, 0.3) is 0 Å². The highest BCUT2D eigenvalue weighted by Gasteiger charge is 2.38. The minimum atomic E-state index is -4.47. The number of carbonyl (C=O) groups excluding carboxylic acids is 1. The van der Waals surface area contributed by atoms with Gasteiger partial charge in [0.2, 0.25) is 0 Å². The Balaban J connectivity index is 1.36. The molecule has 0 amide bonds. The van der Waals surface area contributed by atoms with E-state index in [4.69, 9.17) is 14.0 Å². The summed E-state index contributed by atoms with van der Waals surface area (Å²) in [4.78, 5) is 13.9. The highest BCUT2D eigenvalue weighted by molar-refractivity contribution is 5.71. The van der Waals surface area contributed by atoms with Crippen LogP contribution in [0, 0.1) is 0 Å². The Morgan fingerprint density at radius 3 is 2.49 bits per heavy atom. The summed E-state index contributed by atoms with van der Waals surface area (Å²) in [6.07, 6.45) is -2.49. The molecule has 2 atom stereocenters. The normalized spacial score (nSPS) is 19.1. The zero-order valence-corrected chi connectivity index (χ0v) is 21.5. The van der Waals surface area contributed by atoms with Crippen LogP contribution in [0.3, 0.4) is 0 Å². The number of halogens is 4. The number of fused-ring (bicyclic) bond motifs is 1. The van der Waals surface area contributed by atoms with Crippen LogP contribution < -0.4 is 4.74 Å². The van der Waals surface area contributed by atoms with Crippen LogP contribution in [0.5, 0.6) is 5.75 Å². The van der Waals surface area contributed by atoms with Gasteiger partial charge >= 0.3 is 12.1 Å². The number of likely N-dealkylation sites (tertiary alicyclic amines) is 1. The average Bonchev–Trinajstić information content (AvgIpc) is 3.59. The van der Waals surface area contributed by atoms with Crippen LogP contribution in [0.25, 0.3) is 0 Å². The van der Waals surface area contributed by atoms with Gasteiger partial charge in [-0.15, -0.1) is 0 Å². The maximum Gasteiger partial charge on any atom is 0.416 e. The Bertz CT molecular complexity index is 1270. The van der Waals surface area contributed by atoms with E-state index in [9.17, 15) is 22.4 Å². The molecule has 2 aromatic carbocycles. The fraction of sp³-hybridized carbons (Fsp3) is 0.448. The number of hydrogen-bond donors (Lipinski definition) is 0. The number of carbonyl (C=O) groups is 1. The van der Waals surface area contributed by atoms with Crippen molar-refractivity contribution in [2.75, 3.05) is 20.2 Å². The van der Waals surface area contributed by atoms with E-state index in [0.29, 0.717) is 55.8 Å². The lowest BCUT2D eigenvalue weighted by Crippen LogP contribution is -2.34. The van der Waals surface area contributed by atoms with Crippen LogP contribution in [-0.4, -0.2) is 42.4 Å². The lowest BCUT2D eigenvalue weighted by atomic mass is 9.92. The van der Waals surface area contributed by atoms with E-state index in [0.717, 1.165) is 17.2 Å². The number of benzene rings is 2. The van der Waals surface area contributed by atoms with Gasteiger partial charge < -0.3 is 14.0 Å². The first-order chi connectivity index (χ1) is 18.7. The summed E-state index contributed by atoms with van der Waals surface area (Å²) in [7, 11) is 1.33. The molecule has 1 aromatic heterocycles. The molecule has 3 aromatic rings. The number of ether oxygens (including phenoxy) is 2. The molecule has 1 aliphatic carbocycles. The van der Waals surface area contributed by atoms with Crippen molar-refractivity contribution in [1.82, 2.24) is 10.1 Å².